The Bertz CT molecular complexity index is 158. The number of hydrogen-bond donors (Lipinski definition) is 1. The van der Waals surface area contributed by atoms with E-state index in [4.69, 9.17) is 10.2 Å². The van der Waals surface area contributed by atoms with Gasteiger partial charge < -0.3 is 15.1 Å². The zero-order valence-corrected chi connectivity index (χ0v) is 14.3. The van der Waals surface area contributed by atoms with Crippen LogP contribution in [-0.2, 0) is 4.43 Å². The van der Waals surface area contributed by atoms with Crippen molar-refractivity contribution < 1.29 is 34.0 Å². The maximum Gasteiger partial charge on any atom is 1.00 e. The molecular formula is C10H26N2NaOSi+. The molecule has 5 heteroatoms. The van der Waals surface area contributed by atoms with Gasteiger partial charge in [-0.2, -0.15) is 0 Å². The van der Waals surface area contributed by atoms with E-state index in [1.165, 1.54) is 6.04 Å². The molecule has 0 aromatic heterocycles. The number of likely N-dealkylation sites (N-methyl/N-ethyl adjacent to an activating group) is 1. The summed E-state index contributed by atoms with van der Waals surface area (Å²) in [6.07, 6.45) is 0. The van der Waals surface area contributed by atoms with E-state index in [0.717, 1.165) is 19.6 Å². The van der Waals surface area contributed by atoms with Gasteiger partial charge in [0.15, 0.2) is 8.32 Å². The minimum absolute atomic E-state index is 0. The second kappa shape index (κ2) is 9.16. The molecule has 0 spiro atoms. The molecule has 86 valence electrons. The molecule has 0 aliphatic carbocycles. The van der Waals surface area contributed by atoms with Gasteiger partial charge in [-0.25, -0.2) is 0 Å². The average Bonchev–Trinajstić information content (AvgIpc) is 2.03. The molecule has 0 saturated carbocycles. The fourth-order valence-electron chi connectivity index (χ4n) is 1.83. The Labute approximate surface area is 118 Å². The summed E-state index contributed by atoms with van der Waals surface area (Å²) in [7, 11) is 2.58. The second-order valence-corrected chi connectivity index (χ2v) is 9.16. The minimum atomic E-state index is -1.39. The van der Waals surface area contributed by atoms with Crippen LogP contribution in [0.3, 0.4) is 0 Å². The molecule has 0 aromatic rings. The Morgan fingerprint density at radius 1 is 1.40 bits per heavy atom. The molecule has 0 rings (SSSR count). The van der Waals surface area contributed by atoms with E-state index in [9.17, 15) is 0 Å². The third kappa shape index (κ3) is 9.99. The van der Waals surface area contributed by atoms with Crippen molar-refractivity contribution >= 4 is 8.32 Å². The van der Waals surface area contributed by atoms with Crippen LogP contribution in [0.5, 0.6) is 0 Å². The molecule has 0 aliphatic rings. The molecule has 0 aromatic carbocycles. The monoisotopic (exact) mass is 241 g/mol. The first-order chi connectivity index (χ1) is 6.41. The Hall–Kier alpha value is 1.10. The molecule has 0 amide bonds. The summed E-state index contributed by atoms with van der Waals surface area (Å²) in [5, 5.41) is 0. The number of rotatable bonds is 7. The third-order valence-corrected chi connectivity index (χ3v) is 5.31. The summed E-state index contributed by atoms with van der Waals surface area (Å²) >= 11 is 0. The van der Waals surface area contributed by atoms with E-state index in [-0.39, 0.29) is 29.6 Å². The Morgan fingerprint density at radius 2 is 1.93 bits per heavy atom. The van der Waals surface area contributed by atoms with E-state index >= 15 is 0 Å². The Balaban J connectivity index is 0. The smallest absolute Gasteiger partial charge is 0.420 e. The maximum atomic E-state index is 5.55. The summed E-state index contributed by atoms with van der Waals surface area (Å²) in [6.45, 7) is 9.68. The second-order valence-electron chi connectivity index (χ2n) is 4.82. The van der Waals surface area contributed by atoms with Gasteiger partial charge in [-0.15, -0.1) is 0 Å². The third-order valence-electron chi connectivity index (χ3n) is 2.53. The van der Waals surface area contributed by atoms with Crippen LogP contribution < -0.4 is 35.3 Å². The van der Waals surface area contributed by atoms with Crippen LogP contribution in [0.2, 0.25) is 19.1 Å². The molecule has 15 heavy (non-hydrogen) atoms. The summed E-state index contributed by atoms with van der Waals surface area (Å²) in [6, 6.07) is 1.22. The average molecular weight is 241 g/mol. The van der Waals surface area contributed by atoms with E-state index in [2.05, 4.69) is 32.0 Å². The first-order valence-corrected chi connectivity index (χ1v) is 8.46. The van der Waals surface area contributed by atoms with Crippen molar-refractivity contribution in [3.63, 3.8) is 0 Å². The zero-order valence-electron chi connectivity index (χ0n) is 11.3. The zero-order chi connectivity index (χ0) is 11.2. The molecule has 0 fully saturated rings. The van der Waals surface area contributed by atoms with Crippen molar-refractivity contribution in [2.24, 2.45) is 11.7 Å². The van der Waals surface area contributed by atoms with Gasteiger partial charge in [0.2, 0.25) is 0 Å². The molecule has 2 N–H and O–H groups in total. The van der Waals surface area contributed by atoms with Crippen molar-refractivity contribution in [2.75, 3.05) is 33.8 Å². The van der Waals surface area contributed by atoms with E-state index in [0.29, 0.717) is 5.92 Å². The maximum absolute atomic E-state index is 5.55. The van der Waals surface area contributed by atoms with Crippen LogP contribution in [0, 0.1) is 5.92 Å². The fourth-order valence-corrected chi connectivity index (χ4v) is 3.80. The molecule has 0 radical (unpaired) electrons. The van der Waals surface area contributed by atoms with Gasteiger partial charge in [0.05, 0.1) is 0 Å². The molecule has 3 nitrogen and oxygen atoms in total. The van der Waals surface area contributed by atoms with Gasteiger partial charge in [0.1, 0.15) is 0 Å². The molecule has 0 saturated heterocycles. The first-order valence-electron chi connectivity index (χ1n) is 5.35. The van der Waals surface area contributed by atoms with Crippen LogP contribution in [0.15, 0.2) is 0 Å². The van der Waals surface area contributed by atoms with Gasteiger partial charge in [-0.1, -0.05) is 6.92 Å². The van der Waals surface area contributed by atoms with Gasteiger partial charge in [-0.3, -0.25) is 0 Å². The SMILES string of the molecule is CO[Si](C)(C)CC(C)CN(C)CCN.[Na+]. The summed E-state index contributed by atoms with van der Waals surface area (Å²) in [4.78, 5) is 2.30. The molecule has 1 atom stereocenters. The quantitative estimate of drug-likeness (QED) is 0.544. The van der Waals surface area contributed by atoms with E-state index < -0.39 is 8.32 Å². The van der Waals surface area contributed by atoms with Crippen LogP contribution in [-0.4, -0.2) is 47.0 Å². The van der Waals surface area contributed by atoms with E-state index in [1.807, 2.05) is 7.11 Å². The number of nitrogens with two attached hydrogens (primary N) is 1. The Morgan fingerprint density at radius 3 is 2.33 bits per heavy atom. The van der Waals surface area contributed by atoms with Gasteiger partial charge >= 0.3 is 29.6 Å². The van der Waals surface area contributed by atoms with Crippen LogP contribution >= 0.6 is 0 Å². The standard InChI is InChI=1S/C10H26N2OSi.Na/c1-10(8-12(2)7-6-11)9-14(4,5)13-3;/h10H,6-9,11H2,1-5H3;/q;+1. The Kier molecular flexibility index (Phi) is 11.3. The molecular weight excluding hydrogens is 215 g/mol. The predicted molar refractivity (Wildman–Crippen MR) is 65.0 cm³/mol. The molecule has 0 aliphatic heterocycles. The molecule has 1 unspecified atom stereocenters. The van der Waals surface area contributed by atoms with Crippen LogP contribution in [0.1, 0.15) is 6.92 Å². The largest absolute Gasteiger partial charge is 1.00 e. The van der Waals surface area contributed by atoms with Crippen molar-refractivity contribution in [1.82, 2.24) is 4.90 Å². The predicted octanol–water partition coefficient (Wildman–Crippen LogP) is -1.63. The number of hydrogen-bond acceptors (Lipinski definition) is 3. The van der Waals surface area contributed by atoms with E-state index in [1.54, 1.807) is 0 Å². The van der Waals surface area contributed by atoms with Gasteiger partial charge in [0.25, 0.3) is 0 Å². The summed E-state index contributed by atoms with van der Waals surface area (Å²) in [5.74, 6) is 0.702. The van der Waals surface area contributed by atoms with Crippen molar-refractivity contribution in [3.05, 3.63) is 0 Å². The van der Waals surface area contributed by atoms with Crippen LogP contribution in [0.4, 0.5) is 0 Å². The normalized spacial score (nSPS) is 13.8. The molecule has 0 heterocycles. The number of nitrogens with zero attached hydrogens (tertiary/aromatic N) is 1. The fraction of sp³-hybridized carbons (Fsp3) is 1.00. The topological polar surface area (TPSA) is 38.5 Å². The van der Waals surface area contributed by atoms with Crippen LogP contribution in [0.25, 0.3) is 0 Å². The van der Waals surface area contributed by atoms with Gasteiger partial charge in [0, 0.05) is 26.7 Å². The summed E-state index contributed by atoms with van der Waals surface area (Å²) < 4.78 is 5.55. The first kappa shape index (κ1) is 18.5. The minimum Gasteiger partial charge on any atom is -0.420 e. The van der Waals surface area contributed by atoms with Crippen molar-refractivity contribution in [3.8, 4) is 0 Å². The molecule has 0 bridgehead atoms. The van der Waals surface area contributed by atoms with Crippen molar-refractivity contribution in [1.29, 1.82) is 0 Å². The summed E-state index contributed by atoms with van der Waals surface area (Å²) in [5.41, 5.74) is 5.50. The van der Waals surface area contributed by atoms with Crippen molar-refractivity contribution in [2.45, 2.75) is 26.1 Å². The van der Waals surface area contributed by atoms with Gasteiger partial charge in [-0.05, 0) is 32.1 Å².